The smallest absolute Gasteiger partial charge is 0.276 e. The maximum atomic E-state index is 12.3. The molecule has 0 atom stereocenters. The molecule has 2 aromatic rings. The summed E-state index contributed by atoms with van der Waals surface area (Å²) in [5.41, 5.74) is 1.89. The number of alkyl halides is 1. The summed E-state index contributed by atoms with van der Waals surface area (Å²) in [6.45, 7) is 0. The fraction of sp³-hybridized carbons (Fsp3) is 0.154. The first kappa shape index (κ1) is 12.7. The third kappa shape index (κ3) is 1.77. The summed E-state index contributed by atoms with van der Waals surface area (Å²) in [7, 11) is 1.65. The van der Waals surface area contributed by atoms with Crippen molar-refractivity contribution in [3.63, 3.8) is 0 Å². The Morgan fingerprint density at radius 2 is 2.10 bits per heavy atom. The van der Waals surface area contributed by atoms with Crippen LogP contribution in [0.3, 0.4) is 0 Å². The summed E-state index contributed by atoms with van der Waals surface area (Å²) in [4.78, 5) is 25.9. The van der Waals surface area contributed by atoms with E-state index in [1.165, 1.54) is 15.8 Å². The van der Waals surface area contributed by atoms with Crippen LogP contribution in [0.5, 0.6) is 0 Å². The molecule has 0 spiro atoms. The van der Waals surface area contributed by atoms with Crippen molar-refractivity contribution < 1.29 is 9.59 Å². The predicted molar refractivity (Wildman–Crippen MR) is 75.5 cm³/mol. The second-order valence-electron chi connectivity index (χ2n) is 4.34. The summed E-state index contributed by atoms with van der Waals surface area (Å²) < 4.78 is 1.44. The maximum Gasteiger partial charge on any atom is 0.276 e. The van der Waals surface area contributed by atoms with Crippen molar-refractivity contribution >= 4 is 40.5 Å². The third-order valence-corrected chi connectivity index (χ3v) is 3.36. The number of nitrogens with zero attached hydrogens (tertiary/aromatic N) is 3. The molecular formula is C13H11ClN4O2. The van der Waals surface area contributed by atoms with Crippen LogP contribution in [0.1, 0.15) is 10.5 Å². The normalized spacial score (nSPS) is 13.3. The first-order valence-electron chi connectivity index (χ1n) is 5.94. The number of amides is 2. The lowest BCUT2D eigenvalue weighted by Gasteiger charge is -2.20. The Bertz CT molecular complexity index is 710. The van der Waals surface area contributed by atoms with Gasteiger partial charge in [0, 0.05) is 7.05 Å². The second-order valence-corrected chi connectivity index (χ2v) is 4.60. The summed E-state index contributed by atoms with van der Waals surface area (Å²) in [5.74, 6) is -0.807. The Labute approximate surface area is 119 Å². The fourth-order valence-electron chi connectivity index (χ4n) is 2.27. The van der Waals surface area contributed by atoms with E-state index in [9.17, 15) is 9.59 Å². The van der Waals surface area contributed by atoms with Crippen LogP contribution in [0.2, 0.25) is 0 Å². The molecule has 2 amide bonds. The number of fused-ring (bicyclic) bond motifs is 2. The van der Waals surface area contributed by atoms with Crippen molar-refractivity contribution in [2.24, 2.45) is 7.05 Å². The molecule has 3 rings (SSSR count). The minimum absolute atomic E-state index is 0.184. The zero-order valence-electron chi connectivity index (χ0n) is 10.6. The van der Waals surface area contributed by atoms with Crippen LogP contribution in [-0.2, 0) is 11.8 Å². The van der Waals surface area contributed by atoms with Crippen LogP contribution in [0.25, 0.3) is 0 Å². The van der Waals surface area contributed by atoms with Crippen molar-refractivity contribution in [2.45, 2.75) is 0 Å². The summed E-state index contributed by atoms with van der Waals surface area (Å²) in [6.07, 6.45) is 1.49. The van der Waals surface area contributed by atoms with Gasteiger partial charge >= 0.3 is 0 Å². The molecule has 1 N–H and O–H groups in total. The number of anilines is 3. The number of benzene rings is 1. The molecule has 0 aliphatic carbocycles. The van der Waals surface area contributed by atoms with E-state index < -0.39 is 0 Å². The lowest BCUT2D eigenvalue weighted by Crippen LogP contribution is -2.27. The lowest BCUT2D eigenvalue weighted by atomic mass is 10.2. The highest BCUT2D eigenvalue weighted by atomic mass is 35.5. The van der Waals surface area contributed by atoms with E-state index >= 15 is 0 Å². The number of rotatable bonds is 1. The van der Waals surface area contributed by atoms with Gasteiger partial charge in [0.05, 0.1) is 17.6 Å². The number of para-hydroxylation sites is 2. The number of hydrogen-bond donors (Lipinski definition) is 1. The summed E-state index contributed by atoms with van der Waals surface area (Å²) in [6, 6.07) is 7.07. The molecule has 2 heterocycles. The number of hydrogen-bond acceptors (Lipinski definition) is 3. The highest BCUT2D eigenvalue weighted by Gasteiger charge is 2.31. The van der Waals surface area contributed by atoms with E-state index in [0.29, 0.717) is 22.8 Å². The van der Waals surface area contributed by atoms with Gasteiger partial charge < -0.3 is 5.32 Å². The van der Waals surface area contributed by atoms with Gasteiger partial charge in [-0.25, -0.2) is 0 Å². The molecule has 1 aliphatic heterocycles. The molecule has 0 bridgehead atoms. The highest BCUT2D eigenvalue weighted by molar-refractivity contribution is 6.31. The molecule has 0 saturated carbocycles. The predicted octanol–water partition coefficient (Wildman–Crippen LogP) is 1.89. The van der Waals surface area contributed by atoms with Gasteiger partial charge in [-0.1, -0.05) is 12.1 Å². The van der Waals surface area contributed by atoms with Gasteiger partial charge in [-0.15, -0.1) is 11.6 Å². The van der Waals surface area contributed by atoms with Crippen LogP contribution < -0.4 is 10.2 Å². The van der Waals surface area contributed by atoms with Gasteiger partial charge in [0.1, 0.15) is 17.3 Å². The monoisotopic (exact) mass is 290 g/mol. The number of nitrogens with one attached hydrogen (secondary N) is 1. The number of aryl methyl sites for hydroxylation is 1. The van der Waals surface area contributed by atoms with Gasteiger partial charge in [0.2, 0.25) is 5.91 Å². The first-order valence-corrected chi connectivity index (χ1v) is 6.48. The van der Waals surface area contributed by atoms with Crippen molar-refractivity contribution in [3.05, 3.63) is 36.2 Å². The summed E-state index contributed by atoms with van der Waals surface area (Å²) in [5, 5.41) is 6.83. The Morgan fingerprint density at radius 1 is 1.35 bits per heavy atom. The maximum absolute atomic E-state index is 12.3. The topological polar surface area (TPSA) is 67.2 Å². The fourth-order valence-corrected chi connectivity index (χ4v) is 2.39. The van der Waals surface area contributed by atoms with E-state index in [-0.39, 0.29) is 17.7 Å². The molecule has 20 heavy (non-hydrogen) atoms. The van der Waals surface area contributed by atoms with Crippen LogP contribution in [0.4, 0.5) is 17.1 Å². The van der Waals surface area contributed by atoms with Crippen LogP contribution in [0.15, 0.2) is 30.5 Å². The Morgan fingerprint density at radius 3 is 2.85 bits per heavy atom. The van der Waals surface area contributed by atoms with Crippen molar-refractivity contribution in [3.8, 4) is 0 Å². The van der Waals surface area contributed by atoms with Crippen LogP contribution in [0, 0.1) is 0 Å². The van der Waals surface area contributed by atoms with Crippen molar-refractivity contribution in [2.75, 3.05) is 16.1 Å². The number of aromatic nitrogens is 2. The van der Waals surface area contributed by atoms with E-state index in [4.69, 9.17) is 11.6 Å². The van der Waals surface area contributed by atoms with Crippen molar-refractivity contribution in [1.29, 1.82) is 0 Å². The standard InChI is InChI=1S/C13H11ClN4O2/c1-17-12-10(7-15-17)18(11(19)6-14)9-5-3-2-4-8(9)16-13(12)20/h2-5,7H,6H2,1H3,(H,16,20). The third-order valence-electron chi connectivity index (χ3n) is 3.13. The van der Waals surface area contributed by atoms with Gasteiger partial charge in [-0.2, -0.15) is 5.10 Å². The average molecular weight is 291 g/mol. The molecule has 0 saturated heterocycles. The molecular weight excluding hydrogens is 280 g/mol. The Hall–Kier alpha value is -2.34. The lowest BCUT2D eigenvalue weighted by molar-refractivity contribution is -0.115. The van der Waals surface area contributed by atoms with Gasteiger partial charge in [-0.3, -0.25) is 19.2 Å². The average Bonchev–Trinajstić information content (AvgIpc) is 2.76. The molecule has 7 heteroatoms. The van der Waals surface area contributed by atoms with Crippen LogP contribution >= 0.6 is 11.6 Å². The quantitative estimate of drug-likeness (QED) is 0.816. The van der Waals surface area contributed by atoms with Gasteiger partial charge in [0.25, 0.3) is 5.91 Å². The minimum Gasteiger partial charge on any atom is -0.319 e. The van der Waals surface area contributed by atoms with Gasteiger partial charge in [0.15, 0.2) is 0 Å². The van der Waals surface area contributed by atoms with E-state index in [1.807, 2.05) is 0 Å². The van der Waals surface area contributed by atoms with E-state index in [1.54, 1.807) is 31.3 Å². The van der Waals surface area contributed by atoms with Crippen molar-refractivity contribution in [1.82, 2.24) is 9.78 Å². The van der Waals surface area contributed by atoms with Gasteiger partial charge in [-0.05, 0) is 12.1 Å². The molecule has 1 aromatic heterocycles. The van der Waals surface area contributed by atoms with E-state index in [0.717, 1.165) is 0 Å². The Balaban J connectivity index is 2.29. The molecule has 0 radical (unpaired) electrons. The highest BCUT2D eigenvalue weighted by Crippen LogP contribution is 2.37. The Kier molecular flexibility index (Phi) is 2.94. The number of carbonyl (C=O) groups excluding carboxylic acids is 2. The minimum atomic E-state index is -0.315. The summed E-state index contributed by atoms with van der Waals surface area (Å²) >= 11 is 5.69. The van der Waals surface area contributed by atoms with E-state index in [2.05, 4.69) is 10.4 Å². The molecule has 1 aromatic carbocycles. The SMILES string of the molecule is Cn1ncc2c1C(=O)Nc1ccccc1N2C(=O)CCl. The molecule has 6 nitrogen and oxygen atoms in total. The number of carbonyl (C=O) groups is 2. The molecule has 1 aliphatic rings. The number of halogens is 1. The second kappa shape index (κ2) is 4.64. The largest absolute Gasteiger partial charge is 0.319 e. The molecule has 102 valence electrons. The molecule has 0 unspecified atom stereocenters. The zero-order chi connectivity index (χ0) is 14.3. The van der Waals surface area contributed by atoms with Crippen LogP contribution in [-0.4, -0.2) is 27.5 Å². The zero-order valence-corrected chi connectivity index (χ0v) is 11.4. The first-order chi connectivity index (χ1) is 9.63. The molecule has 0 fully saturated rings.